The molecule has 128 valence electrons. The van der Waals surface area contributed by atoms with Crippen molar-refractivity contribution < 1.29 is 4.79 Å². The molecule has 1 aromatic carbocycles. The summed E-state index contributed by atoms with van der Waals surface area (Å²) < 4.78 is 0. The number of rotatable bonds is 4. The SMILES string of the molecule is O=C(NCCc1nc2ccccc2[nH]1)C1NNC2CCCCCC21. The number of benzene rings is 1. The van der Waals surface area contributed by atoms with E-state index in [9.17, 15) is 4.79 Å². The van der Waals surface area contributed by atoms with Gasteiger partial charge in [-0.25, -0.2) is 10.4 Å². The summed E-state index contributed by atoms with van der Waals surface area (Å²) in [5, 5.41) is 3.07. The van der Waals surface area contributed by atoms with E-state index < -0.39 is 0 Å². The smallest absolute Gasteiger partial charge is 0.238 e. The molecule has 1 saturated heterocycles. The summed E-state index contributed by atoms with van der Waals surface area (Å²) in [5.74, 6) is 1.44. The van der Waals surface area contributed by atoms with Crippen molar-refractivity contribution in [3.8, 4) is 0 Å². The third-order valence-corrected chi connectivity index (χ3v) is 5.30. The van der Waals surface area contributed by atoms with Crippen LogP contribution in [0, 0.1) is 5.92 Å². The van der Waals surface area contributed by atoms with Gasteiger partial charge in [0.15, 0.2) is 0 Å². The summed E-state index contributed by atoms with van der Waals surface area (Å²) in [5.41, 5.74) is 8.55. The largest absolute Gasteiger partial charge is 0.354 e. The number of fused-ring (bicyclic) bond motifs is 2. The van der Waals surface area contributed by atoms with E-state index in [1.54, 1.807) is 0 Å². The number of hydrogen-bond donors (Lipinski definition) is 4. The third kappa shape index (κ3) is 3.16. The molecule has 3 atom stereocenters. The minimum Gasteiger partial charge on any atom is -0.354 e. The van der Waals surface area contributed by atoms with Crippen molar-refractivity contribution >= 4 is 16.9 Å². The lowest BCUT2D eigenvalue weighted by Gasteiger charge is -2.19. The van der Waals surface area contributed by atoms with Crippen LogP contribution < -0.4 is 16.2 Å². The zero-order valence-electron chi connectivity index (χ0n) is 13.8. The van der Waals surface area contributed by atoms with Gasteiger partial charge in [0.05, 0.1) is 11.0 Å². The molecule has 6 heteroatoms. The summed E-state index contributed by atoms with van der Waals surface area (Å²) >= 11 is 0. The Kier molecular flexibility index (Phi) is 4.49. The first-order chi connectivity index (χ1) is 11.8. The number of hydrogen-bond acceptors (Lipinski definition) is 4. The van der Waals surface area contributed by atoms with E-state index in [0.717, 1.165) is 23.3 Å². The maximum absolute atomic E-state index is 12.5. The molecule has 24 heavy (non-hydrogen) atoms. The number of carbonyl (C=O) groups excluding carboxylic acids is 1. The number of amides is 1. The molecule has 6 nitrogen and oxygen atoms in total. The number of aromatic amines is 1. The van der Waals surface area contributed by atoms with Gasteiger partial charge in [0, 0.05) is 24.9 Å². The molecule has 2 heterocycles. The van der Waals surface area contributed by atoms with E-state index in [-0.39, 0.29) is 11.9 Å². The molecule has 4 rings (SSSR count). The lowest BCUT2D eigenvalue weighted by atomic mass is 9.90. The van der Waals surface area contributed by atoms with Crippen molar-refractivity contribution in [3.05, 3.63) is 30.1 Å². The number of H-pyrrole nitrogens is 1. The van der Waals surface area contributed by atoms with Gasteiger partial charge in [0.1, 0.15) is 11.9 Å². The molecular weight excluding hydrogens is 302 g/mol. The molecule has 2 aromatic rings. The predicted molar refractivity (Wildman–Crippen MR) is 93.2 cm³/mol. The molecular formula is C18H25N5O. The van der Waals surface area contributed by atoms with Gasteiger partial charge >= 0.3 is 0 Å². The second kappa shape index (κ2) is 6.91. The van der Waals surface area contributed by atoms with Crippen LogP contribution >= 0.6 is 0 Å². The zero-order chi connectivity index (χ0) is 16.4. The van der Waals surface area contributed by atoms with E-state index in [4.69, 9.17) is 0 Å². The van der Waals surface area contributed by atoms with Crippen molar-refractivity contribution in [1.82, 2.24) is 26.1 Å². The molecule has 4 N–H and O–H groups in total. The number of hydrazine groups is 1. The lowest BCUT2D eigenvalue weighted by molar-refractivity contribution is -0.123. The number of aromatic nitrogens is 2. The van der Waals surface area contributed by atoms with Crippen molar-refractivity contribution in [2.24, 2.45) is 5.92 Å². The zero-order valence-corrected chi connectivity index (χ0v) is 13.8. The van der Waals surface area contributed by atoms with Crippen molar-refractivity contribution in [2.75, 3.05) is 6.54 Å². The van der Waals surface area contributed by atoms with Gasteiger partial charge in [-0.3, -0.25) is 10.2 Å². The Balaban J connectivity index is 1.31. The first-order valence-corrected chi connectivity index (χ1v) is 9.03. The Morgan fingerprint density at radius 1 is 1.17 bits per heavy atom. The topological polar surface area (TPSA) is 81.8 Å². The Morgan fingerprint density at radius 2 is 2.04 bits per heavy atom. The number of carbonyl (C=O) groups is 1. The van der Waals surface area contributed by atoms with Gasteiger partial charge in [-0.1, -0.05) is 31.4 Å². The second-order valence-corrected chi connectivity index (χ2v) is 6.92. The molecule has 3 unspecified atom stereocenters. The monoisotopic (exact) mass is 327 g/mol. The summed E-state index contributed by atoms with van der Waals surface area (Å²) in [6.07, 6.45) is 6.79. The van der Waals surface area contributed by atoms with Crippen LogP contribution in [0.1, 0.15) is 37.9 Å². The van der Waals surface area contributed by atoms with Gasteiger partial charge in [0.25, 0.3) is 0 Å². The van der Waals surface area contributed by atoms with Crippen LogP contribution in [0.3, 0.4) is 0 Å². The summed E-state index contributed by atoms with van der Waals surface area (Å²) in [4.78, 5) is 20.4. The average Bonchev–Trinajstić information content (AvgIpc) is 3.11. The molecule has 0 spiro atoms. The van der Waals surface area contributed by atoms with E-state index in [1.165, 1.54) is 25.7 Å². The highest BCUT2D eigenvalue weighted by atomic mass is 16.2. The highest BCUT2D eigenvalue weighted by Gasteiger charge is 2.39. The highest BCUT2D eigenvalue weighted by molar-refractivity contribution is 5.82. The molecule has 1 saturated carbocycles. The van der Waals surface area contributed by atoms with Crippen LogP contribution in [0.2, 0.25) is 0 Å². The standard InChI is InChI=1S/C18H25N5O/c24-18(17-12-6-2-1-3-7-13(12)22-23-17)19-11-10-16-20-14-8-4-5-9-15(14)21-16/h4-5,8-9,12-13,17,22-23H,1-3,6-7,10-11H2,(H,19,24)(H,20,21). The normalized spacial score (nSPS) is 26.9. The molecule has 1 amide bonds. The maximum atomic E-state index is 12.5. The molecule has 0 bridgehead atoms. The van der Waals surface area contributed by atoms with Gasteiger partial charge < -0.3 is 10.3 Å². The second-order valence-electron chi connectivity index (χ2n) is 6.92. The quantitative estimate of drug-likeness (QED) is 0.688. The van der Waals surface area contributed by atoms with E-state index in [0.29, 0.717) is 24.9 Å². The molecule has 1 aliphatic heterocycles. The Labute approximate surface area is 141 Å². The Bertz CT molecular complexity index is 679. The Hall–Kier alpha value is -1.92. The van der Waals surface area contributed by atoms with Gasteiger partial charge in [-0.2, -0.15) is 0 Å². The van der Waals surface area contributed by atoms with Crippen molar-refractivity contribution in [3.63, 3.8) is 0 Å². The fraction of sp³-hybridized carbons (Fsp3) is 0.556. The average molecular weight is 327 g/mol. The van der Waals surface area contributed by atoms with E-state index in [1.807, 2.05) is 24.3 Å². The van der Waals surface area contributed by atoms with Gasteiger partial charge in [-0.15, -0.1) is 0 Å². The fourth-order valence-corrected chi connectivity index (χ4v) is 4.02. The van der Waals surface area contributed by atoms with Crippen LogP contribution in [0.25, 0.3) is 11.0 Å². The van der Waals surface area contributed by atoms with Crippen LogP contribution in [-0.2, 0) is 11.2 Å². The summed E-state index contributed by atoms with van der Waals surface area (Å²) in [6, 6.07) is 8.33. The number of imidazole rings is 1. The summed E-state index contributed by atoms with van der Waals surface area (Å²) in [7, 11) is 0. The van der Waals surface area contributed by atoms with Crippen molar-refractivity contribution in [2.45, 2.75) is 50.6 Å². The lowest BCUT2D eigenvalue weighted by Crippen LogP contribution is -2.46. The number of nitrogens with zero attached hydrogens (tertiary/aromatic N) is 1. The molecule has 1 aromatic heterocycles. The van der Waals surface area contributed by atoms with Gasteiger partial charge in [0.2, 0.25) is 5.91 Å². The number of para-hydroxylation sites is 2. The van der Waals surface area contributed by atoms with Gasteiger partial charge in [-0.05, 0) is 25.0 Å². The van der Waals surface area contributed by atoms with Crippen molar-refractivity contribution in [1.29, 1.82) is 0 Å². The fourth-order valence-electron chi connectivity index (χ4n) is 4.02. The maximum Gasteiger partial charge on any atom is 0.238 e. The van der Waals surface area contributed by atoms with Crippen LogP contribution in [0.4, 0.5) is 0 Å². The summed E-state index contributed by atoms with van der Waals surface area (Å²) in [6.45, 7) is 0.605. The highest BCUT2D eigenvalue weighted by Crippen LogP contribution is 2.29. The van der Waals surface area contributed by atoms with Crippen LogP contribution in [-0.4, -0.2) is 34.5 Å². The molecule has 0 radical (unpaired) electrons. The molecule has 2 fully saturated rings. The third-order valence-electron chi connectivity index (χ3n) is 5.30. The van der Waals surface area contributed by atoms with E-state index >= 15 is 0 Å². The minimum atomic E-state index is -0.108. The number of nitrogens with one attached hydrogen (secondary N) is 4. The van der Waals surface area contributed by atoms with E-state index in [2.05, 4.69) is 26.1 Å². The first-order valence-electron chi connectivity index (χ1n) is 9.03. The van der Waals surface area contributed by atoms with Crippen LogP contribution in [0.5, 0.6) is 0 Å². The first kappa shape index (κ1) is 15.6. The minimum absolute atomic E-state index is 0.105. The predicted octanol–water partition coefficient (Wildman–Crippen LogP) is 1.65. The van der Waals surface area contributed by atoms with Crippen LogP contribution in [0.15, 0.2) is 24.3 Å². The Morgan fingerprint density at radius 3 is 2.96 bits per heavy atom. The molecule has 2 aliphatic rings. The molecule has 1 aliphatic carbocycles.